The summed E-state index contributed by atoms with van der Waals surface area (Å²) in [4.78, 5) is 24.5. The molecule has 0 spiro atoms. The lowest BCUT2D eigenvalue weighted by atomic mass is 9.96. The smallest absolute Gasteiger partial charge is 0.319 e. The van der Waals surface area contributed by atoms with E-state index in [0.29, 0.717) is 49.7 Å². The molecule has 10 nitrogen and oxygen atoms in total. The van der Waals surface area contributed by atoms with Crippen molar-refractivity contribution in [2.24, 2.45) is 5.92 Å². The van der Waals surface area contributed by atoms with E-state index in [1.807, 2.05) is 0 Å². The molecule has 10 heteroatoms. The number of aliphatic hydroxyl groups excluding tert-OH is 1. The van der Waals surface area contributed by atoms with Gasteiger partial charge in [0.25, 0.3) is 0 Å². The molecule has 1 aromatic heterocycles. The van der Waals surface area contributed by atoms with Gasteiger partial charge in [-0.1, -0.05) is 5.16 Å². The van der Waals surface area contributed by atoms with Gasteiger partial charge in [0, 0.05) is 25.7 Å². The molecular formula is C20H32N4O6. The van der Waals surface area contributed by atoms with E-state index < -0.39 is 12.1 Å². The molecule has 0 unspecified atom stereocenters. The number of carbonyl (C=O) groups is 2. The molecular weight excluding hydrogens is 392 g/mol. The molecule has 0 aliphatic carbocycles. The molecule has 2 aliphatic heterocycles. The Morgan fingerprint density at radius 2 is 1.93 bits per heavy atom. The Balaban J connectivity index is 1.40. The molecule has 2 aliphatic rings. The first-order chi connectivity index (χ1) is 14.5. The number of rotatable bonds is 7. The van der Waals surface area contributed by atoms with E-state index >= 15 is 0 Å². The summed E-state index contributed by atoms with van der Waals surface area (Å²) in [5.74, 6) is 0.633. The zero-order valence-electron chi connectivity index (χ0n) is 17.6. The number of carbonyl (C=O) groups excluding carboxylic acids is 2. The number of hydrogen-bond acceptors (Lipinski definition) is 7. The predicted octanol–water partition coefficient (Wildman–Crippen LogP) is 1.25. The molecule has 4 N–H and O–H groups in total. The minimum atomic E-state index is -0.495. The summed E-state index contributed by atoms with van der Waals surface area (Å²) in [6.07, 6.45) is 3.05. The number of ether oxygens (including phenoxy) is 2. The highest BCUT2D eigenvalue weighted by Gasteiger charge is 2.32. The predicted molar refractivity (Wildman–Crippen MR) is 108 cm³/mol. The second-order valence-corrected chi connectivity index (χ2v) is 7.93. The first kappa shape index (κ1) is 22.5. The van der Waals surface area contributed by atoms with E-state index in [-0.39, 0.29) is 30.6 Å². The summed E-state index contributed by atoms with van der Waals surface area (Å²) in [6, 6.07) is -0.692. The molecule has 3 atom stereocenters. The van der Waals surface area contributed by atoms with Crippen molar-refractivity contribution in [2.45, 2.75) is 64.2 Å². The lowest BCUT2D eigenvalue weighted by molar-refractivity contribution is -0.128. The average molecular weight is 424 g/mol. The summed E-state index contributed by atoms with van der Waals surface area (Å²) in [5, 5.41) is 22.1. The maximum Gasteiger partial charge on any atom is 0.319 e. The summed E-state index contributed by atoms with van der Waals surface area (Å²) < 4.78 is 16.3. The Morgan fingerprint density at radius 3 is 2.60 bits per heavy atom. The molecule has 2 saturated heterocycles. The van der Waals surface area contributed by atoms with Crippen molar-refractivity contribution >= 4 is 17.6 Å². The summed E-state index contributed by atoms with van der Waals surface area (Å²) in [5.41, 5.74) is 1.15. The van der Waals surface area contributed by atoms with Gasteiger partial charge in [0.1, 0.15) is 17.5 Å². The number of aliphatic hydroxyl groups is 1. The summed E-state index contributed by atoms with van der Waals surface area (Å²) in [7, 11) is 0. The fourth-order valence-corrected chi connectivity index (χ4v) is 3.95. The van der Waals surface area contributed by atoms with Crippen molar-refractivity contribution in [1.82, 2.24) is 15.8 Å². The summed E-state index contributed by atoms with van der Waals surface area (Å²) in [6.45, 7) is 5.09. The van der Waals surface area contributed by atoms with E-state index in [4.69, 9.17) is 14.0 Å². The highest BCUT2D eigenvalue weighted by Crippen LogP contribution is 2.23. The number of aromatic nitrogens is 1. The van der Waals surface area contributed by atoms with Crippen LogP contribution in [0.15, 0.2) is 4.52 Å². The van der Waals surface area contributed by atoms with Crippen LogP contribution in [0.3, 0.4) is 0 Å². The molecule has 30 heavy (non-hydrogen) atoms. The zero-order chi connectivity index (χ0) is 21.5. The molecule has 0 bridgehead atoms. The second kappa shape index (κ2) is 10.7. The number of amides is 3. The molecule has 0 saturated carbocycles. The van der Waals surface area contributed by atoms with Crippen LogP contribution in [-0.2, 0) is 14.3 Å². The zero-order valence-corrected chi connectivity index (χ0v) is 17.6. The van der Waals surface area contributed by atoms with Crippen molar-refractivity contribution in [2.75, 3.05) is 31.7 Å². The Hall–Kier alpha value is -2.17. The number of nitrogens with one attached hydrogen (secondary N) is 3. The quantitative estimate of drug-likeness (QED) is 0.517. The van der Waals surface area contributed by atoms with Gasteiger partial charge in [-0.2, -0.15) is 0 Å². The molecule has 3 amide bonds. The lowest BCUT2D eigenvalue weighted by Gasteiger charge is -2.36. The number of nitrogens with zero attached hydrogens (tertiary/aromatic N) is 1. The Bertz CT molecular complexity index is 699. The Labute approximate surface area is 176 Å². The van der Waals surface area contributed by atoms with Crippen LogP contribution in [0.5, 0.6) is 0 Å². The third-order valence-corrected chi connectivity index (χ3v) is 5.74. The van der Waals surface area contributed by atoms with Gasteiger partial charge < -0.3 is 35.1 Å². The van der Waals surface area contributed by atoms with Gasteiger partial charge in [0.05, 0.1) is 18.8 Å². The van der Waals surface area contributed by atoms with E-state index in [9.17, 15) is 14.7 Å². The van der Waals surface area contributed by atoms with Gasteiger partial charge in [-0.3, -0.25) is 4.79 Å². The second-order valence-electron chi connectivity index (χ2n) is 7.93. The minimum absolute atomic E-state index is 0.0287. The van der Waals surface area contributed by atoms with Crippen molar-refractivity contribution in [1.29, 1.82) is 0 Å². The van der Waals surface area contributed by atoms with Gasteiger partial charge in [0.2, 0.25) is 5.91 Å². The van der Waals surface area contributed by atoms with Crippen molar-refractivity contribution in [3.8, 4) is 0 Å². The van der Waals surface area contributed by atoms with Crippen molar-refractivity contribution < 1.29 is 28.7 Å². The van der Waals surface area contributed by atoms with Gasteiger partial charge >= 0.3 is 6.03 Å². The van der Waals surface area contributed by atoms with Gasteiger partial charge in [0.15, 0.2) is 5.76 Å². The van der Waals surface area contributed by atoms with E-state index in [1.165, 1.54) is 0 Å². The Kier molecular flexibility index (Phi) is 8.06. The first-order valence-electron chi connectivity index (χ1n) is 10.6. The van der Waals surface area contributed by atoms with Crippen LogP contribution in [0, 0.1) is 19.8 Å². The number of hydrogen-bond donors (Lipinski definition) is 4. The van der Waals surface area contributed by atoms with Gasteiger partial charge in [-0.15, -0.1) is 0 Å². The molecule has 0 radical (unpaired) electrons. The van der Waals surface area contributed by atoms with E-state index in [1.54, 1.807) is 13.8 Å². The Morgan fingerprint density at radius 1 is 1.17 bits per heavy atom. The molecule has 168 valence electrons. The number of urea groups is 1. The largest absolute Gasteiger partial charge is 0.394 e. The monoisotopic (exact) mass is 424 g/mol. The maximum atomic E-state index is 12.3. The molecule has 3 rings (SSSR count). The topological polar surface area (TPSA) is 135 Å². The number of anilines is 1. The van der Waals surface area contributed by atoms with Crippen molar-refractivity contribution in [3.63, 3.8) is 0 Å². The van der Waals surface area contributed by atoms with Gasteiger partial charge in [-0.05, 0) is 46.0 Å². The fourth-order valence-electron chi connectivity index (χ4n) is 3.95. The first-order valence-corrected chi connectivity index (χ1v) is 10.6. The van der Waals surface area contributed by atoms with Crippen LogP contribution in [0.2, 0.25) is 0 Å². The third-order valence-electron chi connectivity index (χ3n) is 5.74. The average Bonchev–Trinajstić information content (AvgIpc) is 3.07. The van der Waals surface area contributed by atoms with E-state index in [0.717, 1.165) is 19.3 Å². The molecule has 2 fully saturated rings. The highest BCUT2D eigenvalue weighted by atomic mass is 16.5. The molecule has 3 heterocycles. The summed E-state index contributed by atoms with van der Waals surface area (Å²) >= 11 is 0. The third kappa shape index (κ3) is 5.93. The lowest BCUT2D eigenvalue weighted by Crippen LogP contribution is -2.52. The fraction of sp³-hybridized carbons (Fsp3) is 0.750. The minimum Gasteiger partial charge on any atom is -0.394 e. The highest BCUT2D eigenvalue weighted by molar-refractivity contribution is 5.90. The standard InChI is InChI=1S/C20H32N4O6/c1-12-18(13(2)30-24-12)23-20(27)22-16-4-3-15(29-17(16)11-25)5-8-21-19(26)14-6-9-28-10-7-14/h14-17,25H,3-11H2,1-2H3,(H,21,26)(H2,22,23,27)/t15-,16-,17-/m0/s1. The van der Waals surface area contributed by atoms with Gasteiger partial charge in [-0.25, -0.2) is 4.79 Å². The van der Waals surface area contributed by atoms with Crippen molar-refractivity contribution in [3.05, 3.63) is 11.5 Å². The number of aryl methyl sites for hydroxylation is 2. The van der Waals surface area contributed by atoms with Crippen LogP contribution in [0.4, 0.5) is 10.5 Å². The van der Waals surface area contributed by atoms with Crippen LogP contribution in [-0.4, -0.2) is 66.8 Å². The van der Waals surface area contributed by atoms with E-state index in [2.05, 4.69) is 21.1 Å². The van der Waals surface area contributed by atoms with Crippen LogP contribution in [0.25, 0.3) is 0 Å². The normalized spacial score (nSPS) is 25.0. The molecule has 0 aromatic carbocycles. The van der Waals surface area contributed by atoms with Crippen LogP contribution < -0.4 is 16.0 Å². The van der Waals surface area contributed by atoms with Crippen LogP contribution in [0.1, 0.15) is 43.6 Å². The molecule has 1 aromatic rings. The van der Waals surface area contributed by atoms with Crippen LogP contribution >= 0.6 is 0 Å². The maximum absolute atomic E-state index is 12.3. The SMILES string of the molecule is Cc1noc(C)c1NC(=O)N[C@H]1CC[C@@H](CCNC(=O)C2CCOCC2)O[C@H]1CO.